The number of nitrogens with zero attached hydrogens (tertiary/aromatic N) is 2. The van der Waals surface area contributed by atoms with Crippen molar-refractivity contribution in [2.45, 2.75) is 26.3 Å². The normalized spacial score (nSPS) is 12.1. The lowest BCUT2D eigenvalue weighted by atomic mass is 10.1. The fourth-order valence-corrected chi connectivity index (χ4v) is 2.58. The second-order valence-corrected chi connectivity index (χ2v) is 6.12. The second kappa shape index (κ2) is 7.85. The highest BCUT2D eigenvalue weighted by Gasteiger charge is 2.09. The Morgan fingerprint density at radius 3 is 2.76 bits per heavy atom. The lowest BCUT2D eigenvalue weighted by Crippen LogP contribution is -2.25. The molecule has 1 aromatic carbocycles. The molecule has 25 heavy (non-hydrogen) atoms. The number of benzene rings is 1. The van der Waals surface area contributed by atoms with Crippen LogP contribution in [0.1, 0.15) is 30.6 Å². The van der Waals surface area contributed by atoms with Gasteiger partial charge in [0.05, 0.1) is 11.2 Å². The highest BCUT2D eigenvalue weighted by atomic mass is 16.1. The van der Waals surface area contributed by atoms with Crippen molar-refractivity contribution in [2.75, 3.05) is 11.9 Å². The molecule has 2 N–H and O–H groups in total. The molecule has 2 heterocycles. The Morgan fingerprint density at radius 1 is 1.12 bits per heavy atom. The van der Waals surface area contributed by atoms with Crippen molar-refractivity contribution < 1.29 is 4.79 Å². The van der Waals surface area contributed by atoms with Gasteiger partial charge in [0.25, 0.3) is 0 Å². The Kier molecular flexibility index (Phi) is 5.36. The van der Waals surface area contributed by atoms with E-state index >= 15 is 0 Å². The molecule has 3 rings (SSSR count). The Balaban J connectivity index is 1.50. The summed E-state index contributed by atoms with van der Waals surface area (Å²) in [6, 6.07) is 16.0. The average molecular weight is 334 g/mol. The van der Waals surface area contributed by atoms with Crippen LogP contribution >= 0.6 is 0 Å². The molecule has 0 fully saturated rings. The molecule has 0 spiro atoms. The van der Waals surface area contributed by atoms with E-state index < -0.39 is 0 Å². The van der Waals surface area contributed by atoms with Crippen LogP contribution in [-0.4, -0.2) is 22.4 Å². The van der Waals surface area contributed by atoms with Gasteiger partial charge >= 0.3 is 0 Å². The molecule has 3 aromatic rings. The van der Waals surface area contributed by atoms with Crippen molar-refractivity contribution in [2.24, 2.45) is 0 Å². The van der Waals surface area contributed by atoms with Crippen LogP contribution in [0.5, 0.6) is 0 Å². The molecule has 1 amide bonds. The molecule has 0 saturated heterocycles. The molecule has 2 aromatic heterocycles. The quantitative estimate of drug-likeness (QED) is 0.722. The summed E-state index contributed by atoms with van der Waals surface area (Å²) in [6.45, 7) is 4.59. The van der Waals surface area contributed by atoms with Gasteiger partial charge in [-0.3, -0.25) is 9.78 Å². The smallest absolute Gasteiger partial charge is 0.226 e. The monoisotopic (exact) mass is 334 g/mol. The van der Waals surface area contributed by atoms with E-state index in [2.05, 4.69) is 33.6 Å². The number of nitrogens with one attached hydrogen (secondary N) is 2. The van der Waals surface area contributed by atoms with Gasteiger partial charge in [-0.15, -0.1) is 0 Å². The number of fused-ring (bicyclic) bond motifs is 1. The van der Waals surface area contributed by atoms with Gasteiger partial charge in [0, 0.05) is 30.6 Å². The van der Waals surface area contributed by atoms with E-state index in [-0.39, 0.29) is 11.9 Å². The van der Waals surface area contributed by atoms with Crippen molar-refractivity contribution in [1.29, 1.82) is 0 Å². The third-order valence-corrected chi connectivity index (χ3v) is 4.05. The fourth-order valence-electron chi connectivity index (χ4n) is 2.58. The number of amides is 1. The Labute approximate surface area is 147 Å². The van der Waals surface area contributed by atoms with E-state index in [1.807, 2.05) is 49.4 Å². The SMILES string of the molecule is Cc1ccc(NC(=O)CCNC(C)c2ccc3ccccc3n2)nc1. The van der Waals surface area contributed by atoms with Gasteiger partial charge in [-0.1, -0.05) is 30.3 Å². The number of para-hydroxylation sites is 1. The Hall–Kier alpha value is -2.79. The van der Waals surface area contributed by atoms with Crippen molar-refractivity contribution >= 4 is 22.6 Å². The van der Waals surface area contributed by atoms with E-state index in [0.717, 1.165) is 22.2 Å². The van der Waals surface area contributed by atoms with Crippen LogP contribution in [0.2, 0.25) is 0 Å². The van der Waals surface area contributed by atoms with Crippen molar-refractivity contribution in [3.63, 3.8) is 0 Å². The van der Waals surface area contributed by atoms with Gasteiger partial charge in [-0.2, -0.15) is 0 Å². The van der Waals surface area contributed by atoms with Gasteiger partial charge in [0.2, 0.25) is 5.91 Å². The van der Waals surface area contributed by atoms with E-state index in [1.54, 1.807) is 6.20 Å². The number of aromatic nitrogens is 2. The summed E-state index contributed by atoms with van der Waals surface area (Å²) in [4.78, 5) is 20.8. The second-order valence-electron chi connectivity index (χ2n) is 6.12. The maximum Gasteiger partial charge on any atom is 0.226 e. The lowest BCUT2D eigenvalue weighted by molar-refractivity contribution is -0.116. The van der Waals surface area contributed by atoms with Crippen LogP contribution in [0.4, 0.5) is 5.82 Å². The van der Waals surface area contributed by atoms with Crippen molar-refractivity contribution in [3.8, 4) is 0 Å². The minimum Gasteiger partial charge on any atom is -0.311 e. The van der Waals surface area contributed by atoms with E-state index in [1.165, 1.54) is 0 Å². The largest absolute Gasteiger partial charge is 0.311 e. The molecule has 128 valence electrons. The zero-order valence-corrected chi connectivity index (χ0v) is 14.5. The molecule has 5 nitrogen and oxygen atoms in total. The molecular formula is C20H22N4O. The van der Waals surface area contributed by atoms with Crippen LogP contribution < -0.4 is 10.6 Å². The highest BCUT2D eigenvalue weighted by molar-refractivity contribution is 5.89. The molecule has 0 aliphatic carbocycles. The van der Waals surface area contributed by atoms with E-state index in [9.17, 15) is 4.79 Å². The van der Waals surface area contributed by atoms with Crippen LogP contribution in [0.25, 0.3) is 10.9 Å². The number of anilines is 1. The first-order chi connectivity index (χ1) is 12.1. The maximum atomic E-state index is 12.0. The summed E-state index contributed by atoms with van der Waals surface area (Å²) in [5, 5.41) is 7.27. The van der Waals surface area contributed by atoms with Gasteiger partial charge in [0.1, 0.15) is 5.82 Å². The van der Waals surface area contributed by atoms with Crippen LogP contribution in [0.3, 0.4) is 0 Å². The van der Waals surface area contributed by atoms with E-state index in [4.69, 9.17) is 0 Å². The average Bonchev–Trinajstić information content (AvgIpc) is 2.63. The number of hydrogen-bond donors (Lipinski definition) is 2. The van der Waals surface area contributed by atoms with Crippen molar-refractivity contribution in [1.82, 2.24) is 15.3 Å². The maximum absolute atomic E-state index is 12.0. The molecule has 1 unspecified atom stereocenters. The van der Waals surface area contributed by atoms with Gasteiger partial charge in [-0.25, -0.2) is 4.98 Å². The van der Waals surface area contributed by atoms with E-state index in [0.29, 0.717) is 18.8 Å². The van der Waals surface area contributed by atoms with Gasteiger partial charge in [0.15, 0.2) is 0 Å². The van der Waals surface area contributed by atoms with Crippen LogP contribution in [0, 0.1) is 6.92 Å². The van der Waals surface area contributed by atoms with Crippen LogP contribution in [-0.2, 0) is 4.79 Å². The van der Waals surface area contributed by atoms with Gasteiger partial charge < -0.3 is 10.6 Å². The number of rotatable bonds is 6. The predicted octanol–water partition coefficient (Wildman–Crippen LogP) is 3.62. The predicted molar refractivity (Wildman–Crippen MR) is 100 cm³/mol. The summed E-state index contributed by atoms with van der Waals surface area (Å²) >= 11 is 0. The zero-order chi connectivity index (χ0) is 17.6. The molecule has 0 saturated carbocycles. The summed E-state index contributed by atoms with van der Waals surface area (Å²) in [5.41, 5.74) is 3.02. The number of carbonyl (C=O) groups excluding carboxylic acids is 1. The first-order valence-corrected chi connectivity index (χ1v) is 8.43. The molecule has 0 aliphatic heterocycles. The summed E-state index contributed by atoms with van der Waals surface area (Å²) in [6.07, 6.45) is 2.12. The molecule has 0 bridgehead atoms. The standard InChI is InChI=1S/C20H22N4O/c1-14-7-10-19(22-13-14)24-20(25)11-12-21-15(2)17-9-8-16-5-3-4-6-18(16)23-17/h3-10,13,15,21H,11-12H2,1-2H3,(H,22,24,25). The zero-order valence-electron chi connectivity index (χ0n) is 14.5. The molecule has 5 heteroatoms. The minimum atomic E-state index is -0.0532. The Morgan fingerprint density at radius 2 is 1.96 bits per heavy atom. The summed E-state index contributed by atoms with van der Waals surface area (Å²) in [7, 11) is 0. The number of carbonyl (C=O) groups is 1. The number of aryl methyl sites for hydroxylation is 1. The minimum absolute atomic E-state index is 0.0532. The topological polar surface area (TPSA) is 66.9 Å². The Bertz CT molecular complexity index is 861. The third-order valence-electron chi connectivity index (χ3n) is 4.05. The first kappa shape index (κ1) is 17.0. The first-order valence-electron chi connectivity index (χ1n) is 8.43. The molecule has 1 atom stereocenters. The summed E-state index contributed by atoms with van der Waals surface area (Å²) < 4.78 is 0. The molecular weight excluding hydrogens is 312 g/mol. The van der Waals surface area contributed by atoms with Crippen molar-refractivity contribution in [3.05, 3.63) is 66.0 Å². The number of hydrogen-bond acceptors (Lipinski definition) is 4. The summed E-state index contributed by atoms with van der Waals surface area (Å²) in [5.74, 6) is 0.530. The molecule has 0 aliphatic rings. The van der Waals surface area contributed by atoms with Crippen LogP contribution in [0.15, 0.2) is 54.7 Å². The molecule has 0 radical (unpaired) electrons. The lowest BCUT2D eigenvalue weighted by Gasteiger charge is -2.14. The van der Waals surface area contributed by atoms with Gasteiger partial charge in [-0.05, 0) is 37.6 Å². The number of pyridine rings is 2. The fraction of sp³-hybridized carbons (Fsp3) is 0.250. The third kappa shape index (κ3) is 4.61. The highest BCUT2D eigenvalue weighted by Crippen LogP contribution is 2.16.